The number of carbonyl (C=O) groups excluding carboxylic acids is 2. The van der Waals surface area contributed by atoms with Gasteiger partial charge in [0.15, 0.2) is 16.6 Å². The van der Waals surface area contributed by atoms with Gasteiger partial charge in [0.25, 0.3) is 0 Å². The summed E-state index contributed by atoms with van der Waals surface area (Å²) in [6.07, 6.45) is 5.92. The van der Waals surface area contributed by atoms with Gasteiger partial charge >= 0.3 is 11.9 Å². The molecule has 0 radical (unpaired) electrons. The number of alkyl halides is 1. The third kappa shape index (κ3) is 9.59. The van der Waals surface area contributed by atoms with Crippen LogP contribution < -0.4 is 5.73 Å². The maximum Gasteiger partial charge on any atom is 0.358 e. The molecule has 10 nitrogen and oxygen atoms in total. The molecule has 0 aromatic carbocycles. The number of nitrogens with two attached hydrogens (primary N) is 1. The fourth-order valence-corrected chi connectivity index (χ4v) is 2.74. The SMILES string of the molecule is Br.CCOC(=O)c1nccnc1CBr.CCOC(=O)c1nccnc1CSC(=N)N. The van der Waals surface area contributed by atoms with Gasteiger partial charge in [-0.15, -0.1) is 17.0 Å². The molecule has 0 saturated carbocycles. The van der Waals surface area contributed by atoms with Crippen molar-refractivity contribution in [1.82, 2.24) is 19.9 Å². The van der Waals surface area contributed by atoms with Gasteiger partial charge in [-0.05, 0) is 13.8 Å². The minimum absolute atomic E-state index is 0. The van der Waals surface area contributed by atoms with Gasteiger partial charge in [-0.25, -0.2) is 19.6 Å². The second kappa shape index (κ2) is 15.7. The van der Waals surface area contributed by atoms with Crippen molar-refractivity contribution in [2.24, 2.45) is 5.73 Å². The molecule has 0 atom stereocenters. The Morgan fingerprint density at radius 2 is 1.40 bits per heavy atom. The zero-order valence-electron chi connectivity index (χ0n) is 16.3. The number of hydrogen-bond donors (Lipinski definition) is 2. The first-order chi connectivity index (χ1) is 13.9. The summed E-state index contributed by atoms with van der Waals surface area (Å²) >= 11 is 4.30. The lowest BCUT2D eigenvalue weighted by atomic mass is 10.3. The summed E-state index contributed by atoms with van der Waals surface area (Å²) in [5.74, 6) is -0.600. The number of rotatable bonds is 7. The molecule has 2 aromatic heterocycles. The van der Waals surface area contributed by atoms with Gasteiger partial charge < -0.3 is 15.2 Å². The van der Waals surface area contributed by atoms with Crippen LogP contribution >= 0.6 is 44.7 Å². The van der Waals surface area contributed by atoms with Gasteiger partial charge in [0.05, 0.1) is 24.6 Å². The standard InChI is InChI=1S/C9H12N4O2S.C8H9BrN2O2.BrH/c1-2-15-8(14)7-6(5-16-9(10)11)12-3-4-13-7;1-2-13-8(12)7-6(5-9)10-3-4-11-7;/h3-4H,2,5H2,1H3,(H3,10,11);3-4H,2,5H2,1H3;1H. The number of thioether (sulfide) groups is 1. The van der Waals surface area contributed by atoms with Crippen LogP contribution in [0.25, 0.3) is 0 Å². The molecule has 0 unspecified atom stereocenters. The Morgan fingerprint density at radius 3 is 1.83 bits per heavy atom. The predicted molar refractivity (Wildman–Crippen MR) is 122 cm³/mol. The number of nitrogens with zero attached hydrogens (tertiary/aromatic N) is 4. The van der Waals surface area contributed by atoms with E-state index in [0.717, 1.165) is 11.8 Å². The number of esters is 2. The highest BCUT2D eigenvalue weighted by Crippen LogP contribution is 2.12. The zero-order chi connectivity index (χ0) is 21.6. The molecular formula is C17H22Br2N6O4S. The van der Waals surface area contributed by atoms with E-state index in [2.05, 4.69) is 35.9 Å². The molecule has 2 heterocycles. The summed E-state index contributed by atoms with van der Waals surface area (Å²) in [5.41, 5.74) is 6.74. The van der Waals surface area contributed by atoms with Crippen molar-refractivity contribution in [3.8, 4) is 0 Å². The Labute approximate surface area is 197 Å². The van der Waals surface area contributed by atoms with Gasteiger partial charge in [0.2, 0.25) is 0 Å². The highest BCUT2D eigenvalue weighted by molar-refractivity contribution is 9.08. The number of nitrogens with one attached hydrogen (secondary N) is 1. The lowest BCUT2D eigenvalue weighted by molar-refractivity contribution is 0.0508. The molecule has 0 amide bonds. The van der Waals surface area contributed by atoms with Crippen LogP contribution in [-0.2, 0) is 20.6 Å². The molecule has 0 bridgehead atoms. The minimum Gasteiger partial charge on any atom is -0.461 e. The molecule has 0 fully saturated rings. The van der Waals surface area contributed by atoms with Crippen molar-refractivity contribution in [2.75, 3.05) is 13.2 Å². The Bertz CT molecular complexity index is 843. The van der Waals surface area contributed by atoms with Crippen LogP contribution in [0.15, 0.2) is 24.8 Å². The molecule has 3 N–H and O–H groups in total. The Balaban J connectivity index is 0.000000553. The summed E-state index contributed by atoms with van der Waals surface area (Å²) in [4.78, 5) is 38.6. The van der Waals surface area contributed by atoms with Crippen molar-refractivity contribution >= 4 is 61.8 Å². The van der Waals surface area contributed by atoms with Crippen LogP contribution in [0, 0.1) is 5.41 Å². The molecule has 164 valence electrons. The van der Waals surface area contributed by atoms with Crippen molar-refractivity contribution in [3.63, 3.8) is 0 Å². The van der Waals surface area contributed by atoms with Crippen molar-refractivity contribution in [3.05, 3.63) is 47.6 Å². The lowest BCUT2D eigenvalue weighted by Gasteiger charge is -2.05. The monoisotopic (exact) mass is 564 g/mol. The number of ether oxygens (including phenoxy) is 2. The van der Waals surface area contributed by atoms with E-state index >= 15 is 0 Å². The first kappa shape index (κ1) is 27.9. The fourth-order valence-electron chi connectivity index (χ4n) is 1.82. The molecule has 0 saturated heterocycles. The zero-order valence-corrected chi connectivity index (χ0v) is 20.4. The van der Waals surface area contributed by atoms with Crippen LogP contribution in [0.1, 0.15) is 46.2 Å². The maximum absolute atomic E-state index is 11.5. The summed E-state index contributed by atoms with van der Waals surface area (Å²) in [5, 5.41) is 7.55. The molecular weight excluding hydrogens is 544 g/mol. The minimum atomic E-state index is -0.505. The number of hydrogen-bond acceptors (Lipinski definition) is 10. The summed E-state index contributed by atoms with van der Waals surface area (Å²) in [6, 6.07) is 0. The third-order valence-corrected chi connectivity index (χ3v) is 4.24. The van der Waals surface area contributed by atoms with Gasteiger partial charge in [0.1, 0.15) is 0 Å². The predicted octanol–water partition coefficient (Wildman–Crippen LogP) is 2.91. The average molecular weight is 566 g/mol. The molecule has 13 heteroatoms. The van der Waals surface area contributed by atoms with Crippen LogP contribution in [0.3, 0.4) is 0 Å². The molecule has 30 heavy (non-hydrogen) atoms. The first-order valence-electron chi connectivity index (χ1n) is 8.41. The number of carbonyl (C=O) groups is 2. The van der Waals surface area contributed by atoms with E-state index in [-0.39, 0.29) is 40.1 Å². The molecule has 0 aliphatic heterocycles. The maximum atomic E-state index is 11.5. The van der Waals surface area contributed by atoms with E-state index in [0.29, 0.717) is 29.1 Å². The topological polar surface area (TPSA) is 154 Å². The summed E-state index contributed by atoms with van der Waals surface area (Å²) < 4.78 is 9.65. The second-order valence-corrected chi connectivity index (χ2v) is 6.51. The van der Waals surface area contributed by atoms with E-state index < -0.39 is 11.9 Å². The van der Waals surface area contributed by atoms with Crippen LogP contribution in [0.2, 0.25) is 0 Å². The van der Waals surface area contributed by atoms with Gasteiger partial charge in [-0.2, -0.15) is 0 Å². The molecule has 2 aromatic rings. The van der Waals surface area contributed by atoms with E-state index in [9.17, 15) is 9.59 Å². The number of amidine groups is 1. The van der Waals surface area contributed by atoms with Crippen molar-refractivity contribution in [2.45, 2.75) is 24.9 Å². The molecule has 0 aliphatic rings. The van der Waals surface area contributed by atoms with Crippen molar-refractivity contribution in [1.29, 1.82) is 5.41 Å². The smallest absolute Gasteiger partial charge is 0.358 e. The average Bonchev–Trinajstić information content (AvgIpc) is 2.73. The Kier molecular flexibility index (Phi) is 14.6. The lowest BCUT2D eigenvalue weighted by Crippen LogP contribution is -2.12. The Morgan fingerprint density at radius 1 is 0.967 bits per heavy atom. The van der Waals surface area contributed by atoms with E-state index in [1.54, 1.807) is 20.0 Å². The molecule has 0 spiro atoms. The highest BCUT2D eigenvalue weighted by Gasteiger charge is 2.15. The molecule has 2 rings (SSSR count). The van der Waals surface area contributed by atoms with Gasteiger partial charge in [-0.1, -0.05) is 27.7 Å². The highest BCUT2D eigenvalue weighted by atomic mass is 79.9. The van der Waals surface area contributed by atoms with Crippen LogP contribution in [0.5, 0.6) is 0 Å². The molecule has 0 aliphatic carbocycles. The third-order valence-electron chi connectivity index (χ3n) is 2.98. The van der Waals surface area contributed by atoms with E-state index in [1.807, 2.05) is 0 Å². The second-order valence-electron chi connectivity index (χ2n) is 4.93. The number of aromatic nitrogens is 4. The van der Waals surface area contributed by atoms with E-state index in [1.165, 1.54) is 18.6 Å². The fraction of sp³-hybridized carbons (Fsp3) is 0.353. The number of halogens is 2. The largest absolute Gasteiger partial charge is 0.461 e. The summed E-state index contributed by atoms with van der Waals surface area (Å²) in [7, 11) is 0. The normalized spacial score (nSPS) is 9.43. The first-order valence-corrected chi connectivity index (χ1v) is 10.5. The summed E-state index contributed by atoms with van der Waals surface area (Å²) in [6.45, 7) is 4.10. The Hall–Kier alpha value is -2.12. The van der Waals surface area contributed by atoms with Crippen LogP contribution in [-0.4, -0.2) is 50.3 Å². The van der Waals surface area contributed by atoms with Gasteiger partial charge in [-0.3, -0.25) is 15.4 Å². The van der Waals surface area contributed by atoms with Crippen LogP contribution in [0.4, 0.5) is 0 Å². The van der Waals surface area contributed by atoms with Crippen molar-refractivity contribution < 1.29 is 19.1 Å². The van der Waals surface area contributed by atoms with E-state index in [4.69, 9.17) is 20.6 Å². The van der Waals surface area contributed by atoms with Gasteiger partial charge in [0, 0.05) is 35.9 Å². The quantitative estimate of drug-likeness (QED) is 0.221.